The molecule has 0 aliphatic heterocycles. The van der Waals surface area contributed by atoms with Crippen molar-refractivity contribution in [2.24, 2.45) is 5.73 Å². The molecule has 2 aromatic heterocycles. The minimum atomic E-state index is -3.74. The molecule has 10 heteroatoms. The van der Waals surface area contributed by atoms with E-state index in [4.69, 9.17) is 18.0 Å². The van der Waals surface area contributed by atoms with Crippen molar-refractivity contribution >= 4 is 43.7 Å². The van der Waals surface area contributed by atoms with Gasteiger partial charge in [0.15, 0.2) is 0 Å². The van der Waals surface area contributed by atoms with Crippen molar-refractivity contribution in [3.05, 3.63) is 29.0 Å². The first kappa shape index (κ1) is 14.8. The van der Waals surface area contributed by atoms with E-state index in [0.717, 1.165) is 5.01 Å². The van der Waals surface area contributed by atoms with E-state index in [1.165, 1.54) is 29.7 Å². The lowest BCUT2D eigenvalue weighted by molar-refractivity contribution is 0.600. The maximum absolute atomic E-state index is 12.1. The first-order valence-electron chi connectivity index (χ1n) is 5.53. The summed E-state index contributed by atoms with van der Waals surface area (Å²) in [5, 5.41) is 8.58. The van der Waals surface area contributed by atoms with Crippen LogP contribution < -0.4 is 10.5 Å². The van der Waals surface area contributed by atoms with Crippen molar-refractivity contribution in [2.75, 3.05) is 4.72 Å². The van der Waals surface area contributed by atoms with Crippen LogP contribution in [0.15, 0.2) is 23.2 Å². The highest BCUT2D eigenvalue weighted by atomic mass is 32.2. The third-order valence-electron chi connectivity index (χ3n) is 2.29. The largest absolute Gasteiger partial charge is 0.388 e. The predicted octanol–water partition coefficient (Wildman–Crippen LogP) is 0.931. The van der Waals surface area contributed by atoms with Gasteiger partial charge >= 0.3 is 0 Å². The van der Waals surface area contributed by atoms with Crippen LogP contribution in [0.25, 0.3) is 0 Å². The van der Waals surface area contributed by atoms with Crippen LogP contribution in [0.4, 0.5) is 5.13 Å². The summed E-state index contributed by atoms with van der Waals surface area (Å²) < 4.78 is 26.6. The number of rotatable bonds is 5. The molecule has 106 valence electrons. The Kier molecular flexibility index (Phi) is 4.26. The number of aromatic nitrogens is 3. The fourth-order valence-corrected chi connectivity index (χ4v) is 3.27. The highest BCUT2D eigenvalue weighted by Gasteiger charge is 2.17. The van der Waals surface area contributed by atoms with Crippen LogP contribution in [0.1, 0.15) is 17.6 Å². The van der Waals surface area contributed by atoms with Gasteiger partial charge < -0.3 is 5.73 Å². The van der Waals surface area contributed by atoms with Crippen molar-refractivity contribution < 1.29 is 8.42 Å². The lowest BCUT2D eigenvalue weighted by Gasteiger charge is -2.04. The lowest BCUT2D eigenvalue weighted by atomic mass is 10.3. The number of thiocarbonyl (C=S) groups is 1. The van der Waals surface area contributed by atoms with Gasteiger partial charge in [0, 0.05) is 6.20 Å². The van der Waals surface area contributed by atoms with Gasteiger partial charge in [-0.1, -0.05) is 30.5 Å². The van der Waals surface area contributed by atoms with Crippen LogP contribution >= 0.6 is 23.6 Å². The molecule has 0 bridgehead atoms. The fourth-order valence-electron chi connectivity index (χ4n) is 1.30. The fraction of sp³-hybridized carbons (Fsp3) is 0.200. The molecule has 0 atom stereocenters. The number of hydrogen-bond acceptors (Lipinski definition) is 7. The summed E-state index contributed by atoms with van der Waals surface area (Å²) in [6, 6.07) is 2.83. The SMILES string of the molecule is CCc1nnc(NS(=O)(=O)c2ccc(C(N)=S)nc2)s1. The molecule has 0 saturated carbocycles. The van der Waals surface area contributed by atoms with Crippen molar-refractivity contribution in [2.45, 2.75) is 18.2 Å². The smallest absolute Gasteiger partial charge is 0.265 e. The second-order valence-electron chi connectivity index (χ2n) is 3.70. The highest BCUT2D eigenvalue weighted by Crippen LogP contribution is 2.19. The topological polar surface area (TPSA) is 111 Å². The molecule has 0 saturated heterocycles. The number of pyridine rings is 1. The molecule has 2 rings (SSSR count). The average Bonchev–Trinajstić information content (AvgIpc) is 2.85. The number of aryl methyl sites for hydroxylation is 1. The maximum atomic E-state index is 12.1. The van der Waals surface area contributed by atoms with Gasteiger partial charge in [-0.05, 0) is 18.6 Å². The number of nitrogens with two attached hydrogens (primary N) is 1. The molecule has 0 amide bonds. The van der Waals surface area contributed by atoms with Gasteiger partial charge in [-0.3, -0.25) is 9.71 Å². The van der Waals surface area contributed by atoms with E-state index in [9.17, 15) is 8.42 Å². The Morgan fingerprint density at radius 3 is 2.70 bits per heavy atom. The minimum absolute atomic E-state index is 0.00532. The number of anilines is 1. The molecule has 2 heterocycles. The molecule has 0 aliphatic rings. The van der Waals surface area contributed by atoms with Gasteiger partial charge in [-0.15, -0.1) is 10.2 Å². The Hall–Kier alpha value is -1.65. The summed E-state index contributed by atoms with van der Waals surface area (Å²) >= 11 is 5.94. The van der Waals surface area contributed by atoms with E-state index in [1.54, 1.807) is 0 Å². The molecule has 20 heavy (non-hydrogen) atoms. The van der Waals surface area contributed by atoms with E-state index in [2.05, 4.69) is 19.9 Å². The van der Waals surface area contributed by atoms with E-state index in [1.807, 2.05) is 6.92 Å². The van der Waals surface area contributed by atoms with Crippen molar-refractivity contribution in [3.63, 3.8) is 0 Å². The molecule has 3 N–H and O–H groups in total. The van der Waals surface area contributed by atoms with Crippen LogP contribution in [0, 0.1) is 0 Å². The first-order valence-corrected chi connectivity index (χ1v) is 8.24. The summed E-state index contributed by atoms with van der Waals surface area (Å²) in [7, 11) is -3.74. The van der Waals surface area contributed by atoms with Crippen molar-refractivity contribution in [1.82, 2.24) is 15.2 Å². The minimum Gasteiger partial charge on any atom is -0.388 e. The number of hydrogen-bond donors (Lipinski definition) is 2. The number of nitrogens with zero attached hydrogens (tertiary/aromatic N) is 3. The zero-order valence-electron chi connectivity index (χ0n) is 10.4. The number of nitrogens with one attached hydrogen (secondary N) is 1. The predicted molar refractivity (Wildman–Crippen MR) is 80.2 cm³/mol. The zero-order valence-corrected chi connectivity index (χ0v) is 12.8. The summed E-state index contributed by atoms with van der Waals surface area (Å²) in [5.74, 6) is 0. The van der Waals surface area contributed by atoms with Gasteiger partial charge in [0.1, 0.15) is 14.9 Å². The summed E-state index contributed by atoms with van der Waals surface area (Å²) in [6.07, 6.45) is 1.89. The van der Waals surface area contributed by atoms with Crippen LogP contribution in [0.2, 0.25) is 0 Å². The second-order valence-corrected chi connectivity index (χ2v) is 6.89. The summed E-state index contributed by atoms with van der Waals surface area (Å²) in [5.41, 5.74) is 5.77. The Balaban J connectivity index is 2.23. The third kappa shape index (κ3) is 3.26. The normalized spacial score (nSPS) is 11.2. The van der Waals surface area contributed by atoms with Gasteiger partial charge in [0.2, 0.25) is 5.13 Å². The van der Waals surface area contributed by atoms with Crippen LogP contribution in [0.3, 0.4) is 0 Å². The molecule has 0 unspecified atom stereocenters. The van der Waals surface area contributed by atoms with Gasteiger partial charge in [0.05, 0.1) is 5.69 Å². The van der Waals surface area contributed by atoms with Gasteiger partial charge in [-0.2, -0.15) is 0 Å². The molecule has 0 fully saturated rings. The maximum Gasteiger partial charge on any atom is 0.265 e. The summed E-state index contributed by atoms with van der Waals surface area (Å²) in [4.78, 5) is 4.00. The van der Waals surface area contributed by atoms with E-state index in [-0.39, 0.29) is 15.0 Å². The first-order chi connectivity index (χ1) is 9.42. The molecular weight excluding hydrogens is 318 g/mol. The Morgan fingerprint density at radius 1 is 1.45 bits per heavy atom. The average molecular weight is 329 g/mol. The standard InChI is InChI=1S/C10H11N5O2S3/c1-2-8-13-14-10(19-8)15-20(16,17)6-3-4-7(9(11)18)12-5-6/h3-5H,2H2,1H3,(H2,11,18)(H,14,15). The van der Waals surface area contributed by atoms with Crippen molar-refractivity contribution in [1.29, 1.82) is 0 Å². The van der Waals surface area contributed by atoms with E-state index >= 15 is 0 Å². The molecule has 0 aromatic carbocycles. The molecule has 0 aliphatic carbocycles. The van der Waals surface area contributed by atoms with Crippen molar-refractivity contribution in [3.8, 4) is 0 Å². The van der Waals surface area contributed by atoms with E-state index in [0.29, 0.717) is 12.1 Å². The van der Waals surface area contributed by atoms with E-state index < -0.39 is 10.0 Å². The zero-order chi connectivity index (χ0) is 14.8. The second kappa shape index (κ2) is 5.77. The molecule has 0 radical (unpaired) electrons. The molecule has 7 nitrogen and oxygen atoms in total. The van der Waals surface area contributed by atoms with Gasteiger partial charge in [0.25, 0.3) is 10.0 Å². The Morgan fingerprint density at radius 2 is 2.20 bits per heavy atom. The quantitative estimate of drug-likeness (QED) is 0.785. The summed E-state index contributed by atoms with van der Waals surface area (Å²) in [6.45, 7) is 1.91. The molecule has 0 spiro atoms. The van der Waals surface area contributed by atoms with Crippen LogP contribution in [-0.2, 0) is 16.4 Å². The molecular formula is C10H11N5O2S3. The van der Waals surface area contributed by atoms with Crippen LogP contribution in [0.5, 0.6) is 0 Å². The Labute approximate surface area is 125 Å². The van der Waals surface area contributed by atoms with Gasteiger partial charge in [-0.25, -0.2) is 8.42 Å². The third-order valence-corrected chi connectivity index (χ3v) is 4.94. The number of sulfonamides is 1. The monoisotopic (exact) mass is 329 g/mol. The highest BCUT2D eigenvalue weighted by molar-refractivity contribution is 7.93. The Bertz CT molecular complexity index is 724. The lowest BCUT2D eigenvalue weighted by Crippen LogP contribution is -2.15. The van der Waals surface area contributed by atoms with Crippen LogP contribution in [-0.4, -0.2) is 28.6 Å². The molecule has 2 aromatic rings.